The van der Waals surface area contributed by atoms with E-state index in [1.165, 1.54) is 24.6 Å². The predicted molar refractivity (Wildman–Crippen MR) is 117 cm³/mol. The molecule has 1 aromatic heterocycles. The topological polar surface area (TPSA) is 67.3 Å². The van der Waals surface area contributed by atoms with Gasteiger partial charge in [0.05, 0.1) is 23.9 Å². The lowest BCUT2D eigenvalue weighted by atomic mass is 10.2. The maximum Gasteiger partial charge on any atom is 0.230 e. The molecule has 2 aromatic carbocycles. The third kappa shape index (κ3) is 4.79. The normalized spacial score (nSPS) is 13.6. The van der Waals surface area contributed by atoms with Crippen LogP contribution in [0.5, 0.6) is 5.75 Å². The Balaban J connectivity index is 1.42. The van der Waals surface area contributed by atoms with Crippen molar-refractivity contribution in [2.75, 3.05) is 30.9 Å². The van der Waals surface area contributed by atoms with Crippen molar-refractivity contribution < 1.29 is 9.53 Å². The molecule has 3 aromatic rings. The van der Waals surface area contributed by atoms with Crippen LogP contribution in [0.2, 0.25) is 0 Å². The zero-order chi connectivity index (χ0) is 20.1. The standard InChI is InChI=1S/C22H24N4O2S/c1-28-17-10-8-16(9-11-17)14-23-20(27)15-29-22-21(26-12-4-5-13-26)24-18-6-2-3-7-19(18)25-22/h2-3,6-11H,4-5,12-15H2,1H3,(H,23,27). The van der Waals surface area contributed by atoms with Crippen molar-refractivity contribution in [3.05, 3.63) is 54.1 Å². The number of nitrogens with zero attached hydrogens (tertiary/aromatic N) is 3. The zero-order valence-electron chi connectivity index (χ0n) is 16.4. The third-order valence-electron chi connectivity index (χ3n) is 4.92. The smallest absolute Gasteiger partial charge is 0.230 e. The molecule has 0 radical (unpaired) electrons. The highest BCUT2D eigenvalue weighted by Crippen LogP contribution is 2.31. The summed E-state index contributed by atoms with van der Waals surface area (Å²) >= 11 is 1.45. The van der Waals surface area contributed by atoms with Crippen molar-refractivity contribution in [1.29, 1.82) is 0 Å². The van der Waals surface area contributed by atoms with Gasteiger partial charge in [0.1, 0.15) is 10.8 Å². The van der Waals surface area contributed by atoms with Gasteiger partial charge in [-0.2, -0.15) is 0 Å². The van der Waals surface area contributed by atoms with E-state index in [-0.39, 0.29) is 5.91 Å². The molecule has 0 saturated carbocycles. The Kier molecular flexibility index (Phi) is 6.14. The predicted octanol–water partition coefficient (Wildman–Crippen LogP) is 3.65. The van der Waals surface area contributed by atoms with Crippen molar-refractivity contribution in [2.24, 2.45) is 0 Å². The number of hydrogen-bond acceptors (Lipinski definition) is 6. The number of amides is 1. The third-order valence-corrected chi connectivity index (χ3v) is 5.87. The summed E-state index contributed by atoms with van der Waals surface area (Å²) < 4.78 is 5.16. The number of thioether (sulfide) groups is 1. The first kappa shape index (κ1) is 19.5. The number of carbonyl (C=O) groups is 1. The molecule has 0 bridgehead atoms. The minimum Gasteiger partial charge on any atom is -0.497 e. The fourth-order valence-corrected chi connectivity index (χ4v) is 4.17. The van der Waals surface area contributed by atoms with Crippen molar-refractivity contribution in [1.82, 2.24) is 15.3 Å². The largest absolute Gasteiger partial charge is 0.497 e. The molecule has 1 aliphatic heterocycles. The molecule has 29 heavy (non-hydrogen) atoms. The minimum absolute atomic E-state index is 0.0202. The highest BCUT2D eigenvalue weighted by molar-refractivity contribution is 8.00. The first-order valence-corrected chi connectivity index (χ1v) is 10.8. The molecule has 1 fully saturated rings. The molecule has 1 aliphatic rings. The van der Waals surface area contributed by atoms with Gasteiger partial charge in [0.25, 0.3) is 0 Å². The number of hydrogen-bond donors (Lipinski definition) is 1. The quantitative estimate of drug-likeness (QED) is 0.602. The summed E-state index contributed by atoms with van der Waals surface area (Å²) in [7, 11) is 1.64. The maximum atomic E-state index is 12.4. The van der Waals surface area contributed by atoms with E-state index >= 15 is 0 Å². The molecule has 0 spiro atoms. The van der Waals surface area contributed by atoms with E-state index in [0.29, 0.717) is 12.3 Å². The van der Waals surface area contributed by atoms with Crippen LogP contribution in [-0.4, -0.2) is 41.8 Å². The van der Waals surface area contributed by atoms with E-state index in [0.717, 1.165) is 46.3 Å². The second kappa shape index (κ2) is 9.13. The monoisotopic (exact) mass is 408 g/mol. The Morgan fingerprint density at radius 3 is 2.45 bits per heavy atom. The summed E-state index contributed by atoms with van der Waals surface area (Å²) in [5.74, 6) is 1.99. The van der Waals surface area contributed by atoms with E-state index < -0.39 is 0 Å². The number of anilines is 1. The van der Waals surface area contributed by atoms with Crippen LogP contribution in [0, 0.1) is 0 Å². The van der Waals surface area contributed by atoms with Gasteiger partial charge < -0.3 is 15.0 Å². The molecular formula is C22H24N4O2S. The minimum atomic E-state index is -0.0202. The van der Waals surface area contributed by atoms with Gasteiger partial charge >= 0.3 is 0 Å². The maximum absolute atomic E-state index is 12.4. The lowest BCUT2D eigenvalue weighted by Crippen LogP contribution is -2.25. The molecule has 1 saturated heterocycles. The summed E-state index contributed by atoms with van der Waals surface area (Å²) in [5, 5.41) is 3.79. The zero-order valence-corrected chi connectivity index (χ0v) is 17.2. The Labute approximate surface area is 174 Å². The fraction of sp³-hybridized carbons (Fsp3) is 0.318. The van der Waals surface area contributed by atoms with Gasteiger partial charge in [0.15, 0.2) is 5.82 Å². The Bertz CT molecular complexity index is 988. The van der Waals surface area contributed by atoms with E-state index in [4.69, 9.17) is 14.7 Å². The van der Waals surface area contributed by atoms with Crippen molar-refractivity contribution in [2.45, 2.75) is 24.4 Å². The average molecular weight is 409 g/mol. The number of ether oxygens (including phenoxy) is 1. The van der Waals surface area contributed by atoms with Gasteiger partial charge in [0, 0.05) is 19.6 Å². The summed E-state index contributed by atoms with van der Waals surface area (Å²) in [6, 6.07) is 15.6. The molecule has 0 atom stereocenters. The number of fused-ring (bicyclic) bond motifs is 1. The average Bonchev–Trinajstić information content (AvgIpc) is 3.30. The second-order valence-corrected chi connectivity index (χ2v) is 7.91. The van der Waals surface area contributed by atoms with Gasteiger partial charge in [-0.1, -0.05) is 36.0 Å². The van der Waals surface area contributed by atoms with Gasteiger partial charge in [-0.3, -0.25) is 4.79 Å². The number of carbonyl (C=O) groups excluding carboxylic acids is 1. The molecule has 1 N–H and O–H groups in total. The number of rotatable bonds is 7. The number of aromatic nitrogens is 2. The van der Waals surface area contributed by atoms with Crippen LogP contribution in [0.3, 0.4) is 0 Å². The van der Waals surface area contributed by atoms with Crippen LogP contribution >= 0.6 is 11.8 Å². The van der Waals surface area contributed by atoms with Crippen molar-refractivity contribution in [3.63, 3.8) is 0 Å². The van der Waals surface area contributed by atoms with Crippen LogP contribution in [-0.2, 0) is 11.3 Å². The molecular weight excluding hydrogens is 384 g/mol. The van der Waals surface area contributed by atoms with Crippen LogP contribution in [0.25, 0.3) is 11.0 Å². The molecule has 0 unspecified atom stereocenters. The summed E-state index contributed by atoms with van der Waals surface area (Å²) in [4.78, 5) is 24.3. The van der Waals surface area contributed by atoms with E-state index in [1.807, 2.05) is 48.5 Å². The van der Waals surface area contributed by atoms with Gasteiger partial charge in [-0.25, -0.2) is 9.97 Å². The van der Waals surface area contributed by atoms with Gasteiger partial charge in [0.2, 0.25) is 5.91 Å². The molecule has 0 aliphatic carbocycles. The lowest BCUT2D eigenvalue weighted by molar-refractivity contribution is -0.118. The molecule has 6 nitrogen and oxygen atoms in total. The number of methoxy groups -OCH3 is 1. The number of nitrogens with one attached hydrogen (secondary N) is 1. The Hall–Kier alpha value is -2.80. The molecule has 4 rings (SSSR count). The SMILES string of the molecule is COc1ccc(CNC(=O)CSc2nc3ccccc3nc2N2CCCC2)cc1. The summed E-state index contributed by atoms with van der Waals surface area (Å²) in [5.41, 5.74) is 2.78. The Morgan fingerprint density at radius 1 is 1.07 bits per heavy atom. The fourth-order valence-electron chi connectivity index (χ4n) is 3.34. The summed E-state index contributed by atoms with van der Waals surface area (Å²) in [6.45, 7) is 2.47. The van der Waals surface area contributed by atoms with Crippen LogP contribution in [0.1, 0.15) is 18.4 Å². The van der Waals surface area contributed by atoms with Crippen LogP contribution < -0.4 is 15.0 Å². The number of benzene rings is 2. The van der Waals surface area contributed by atoms with E-state index in [2.05, 4.69) is 10.2 Å². The highest BCUT2D eigenvalue weighted by atomic mass is 32.2. The number of para-hydroxylation sites is 2. The highest BCUT2D eigenvalue weighted by Gasteiger charge is 2.20. The first-order valence-electron chi connectivity index (χ1n) is 9.77. The van der Waals surface area contributed by atoms with Crippen molar-refractivity contribution in [3.8, 4) is 5.75 Å². The molecule has 1 amide bonds. The van der Waals surface area contributed by atoms with Crippen LogP contribution in [0.4, 0.5) is 5.82 Å². The second-order valence-electron chi connectivity index (χ2n) is 6.95. The van der Waals surface area contributed by atoms with Gasteiger partial charge in [-0.05, 0) is 42.7 Å². The Morgan fingerprint density at radius 2 is 1.76 bits per heavy atom. The van der Waals surface area contributed by atoms with E-state index in [1.54, 1.807) is 7.11 Å². The molecule has 2 heterocycles. The first-order chi connectivity index (χ1) is 14.2. The van der Waals surface area contributed by atoms with Crippen molar-refractivity contribution >= 4 is 34.5 Å². The van der Waals surface area contributed by atoms with Gasteiger partial charge in [-0.15, -0.1) is 0 Å². The van der Waals surface area contributed by atoms with Crippen LogP contribution in [0.15, 0.2) is 53.6 Å². The summed E-state index contributed by atoms with van der Waals surface area (Å²) in [6.07, 6.45) is 2.34. The van der Waals surface area contributed by atoms with E-state index in [9.17, 15) is 4.79 Å². The lowest BCUT2D eigenvalue weighted by Gasteiger charge is -2.19. The molecule has 7 heteroatoms. The molecule has 150 valence electrons.